The second-order valence-electron chi connectivity index (χ2n) is 4.12. The SMILES string of the molecule is O=C(C#CCCc1ccccc1)c1ccc(Cl)cc1. The minimum absolute atomic E-state index is 0.162. The molecule has 0 saturated heterocycles. The Morgan fingerprint density at radius 2 is 1.68 bits per heavy atom. The van der Waals surface area contributed by atoms with Crippen LogP contribution in [-0.4, -0.2) is 5.78 Å². The van der Waals surface area contributed by atoms with Gasteiger partial charge in [-0.3, -0.25) is 4.79 Å². The third-order valence-corrected chi connectivity index (χ3v) is 2.94. The molecule has 0 aliphatic carbocycles. The van der Waals surface area contributed by atoms with Crippen LogP contribution in [0.5, 0.6) is 0 Å². The lowest BCUT2D eigenvalue weighted by molar-refractivity contribution is 0.105. The summed E-state index contributed by atoms with van der Waals surface area (Å²) < 4.78 is 0. The summed E-state index contributed by atoms with van der Waals surface area (Å²) >= 11 is 5.76. The Kier molecular flexibility index (Phi) is 4.78. The minimum atomic E-state index is -0.162. The van der Waals surface area contributed by atoms with Crippen LogP contribution < -0.4 is 0 Å². The van der Waals surface area contributed by atoms with Crippen LogP contribution in [0.25, 0.3) is 0 Å². The van der Waals surface area contributed by atoms with Crippen LogP contribution in [0, 0.1) is 11.8 Å². The maximum Gasteiger partial charge on any atom is 0.235 e. The first-order valence-electron chi connectivity index (χ1n) is 6.08. The molecule has 0 heterocycles. The number of hydrogen-bond acceptors (Lipinski definition) is 1. The Labute approximate surface area is 118 Å². The van der Waals surface area contributed by atoms with Crippen molar-refractivity contribution in [1.29, 1.82) is 0 Å². The van der Waals surface area contributed by atoms with Crippen molar-refractivity contribution >= 4 is 17.4 Å². The fourth-order valence-electron chi connectivity index (χ4n) is 1.67. The maximum atomic E-state index is 11.8. The molecule has 0 aliphatic rings. The molecule has 0 aromatic heterocycles. The Bertz CT molecular complexity index is 603. The highest BCUT2D eigenvalue weighted by Gasteiger charge is 2.00. The highest BCUT2D eigenvalue weighted by Crippen LogP contribution is 2.09. The summed E-state index contributed by atoms with van der Waals surface area (Å²) in [6.45, 7) is 0. The van der Waals surface area contributed by atoms with Crippen LogP contribution in [0.15, 0.2) is 54.6 Å². The number of carbonyl (C=O) groups excluding carboxylic acids is 1. The van der Waals surface area contributed by atoms with E-state index < -0.39 is 0 Å². The second-order valence-corrected chi connectivity index (χ2v) is 4.56. The van der Waals surface area contributed by atoms with Gasteiger partial charge in [0.1, 0.15) is 0 Å². The number of halogens is 1. The molecule has 2 aromatic carbocycles. The topological polar surface area (TPSA) is 17.1 Å². The standard InChI is InChI=1S/C17H13ClO/c18-16-12-10-15(11-13-16)17(19)9-5-4-8-14-6-2-1-3-7-14/h1-3,6-7,10-13H,4,8H2. The van der Waals surface area contributed by atoms with E-state index in [-0.39, 0.29) is 5.78 Å². The van der Waals surface area contributed by atoms with Gasteiger partial charge in [-0.15, -0.1) is 0 Å². The van der Waals surface area contributed by atoms with Crippen LogP contribution in [0.4, 0.5) is 0 Å². The van der Waals surface area contributed by atoms with Crippen LogP contribution in [0.3, 0.4) is 0 Å². The lowest BCUT2D eigenvalue weighted by atomic mass is 10.1. The second kappa shape index (κ2) is 6.78. The minimum Gasteiger partial charge on any atom is -0.279 e. The van der Waals surface area contributed by atoms with Gasteiger partial charge < -0.3 is 0 Å². The molecule has 0 spiro atoms. The van der Waals surface area contributed by atoms with Crippen molar-refractivity contribution in [1.82, 2.24) is 0 Å². The van der Waals surface area contributed by atoms with Crippen molar-refractivity contribution < 1.29 is 4.79 Å². The first kappa shape index (κ1) is 13.4. The smallest absolute Gasteiger partial charge is 0.235 e. The van der Waals surface area contributed by atoms with Gasteiger partial charge in [0.2, 0.25) is 5.78 Å². The third-order valence-electron chi connectivity index (χ3n) is 2.69. The summed E-state index contributed by atoms with van der Waals surface area (Å²) in [5.41, 5.74) is 1.81. The Morgan fingerprint density at radius 1 is 1.00 bits per heavy atom. The number of hydrogen-bond donors (Lipinski definition) is 0. The molecule has 0 atom stereocenters. The summed E-state index contributed by atoms with van der Waals surface area (Å²) in [6.07, 6.45) is 1.55. The van der Waals surface area contributed by atoms with Gasteiger partial charge in [0.25, 0.3) is 0 Å². The number of benzene rings is 2. The maximum absolute atomic E-state index is 11.8. The van der Waals surface area contributed by atoms with Gasteiger partial charge in [-0.25, -0.2) is 0 Å². The molecule has 1 nitrogen and oxygen atoms in total. The van der Waals surface area contributed by atoms with E-state index in [1.165, 1.54) is 5.56 Å². The Hall–Kier alpha value is -2.04. The van der Waals surface area contributed by atoms with Crippen molar-refractivity contribution in [2.45, 2.75) is 12.8 Å². The summed E-state index contributed by atoms with van der Waals surface area (Å²) in [5, 5.41) is 0.619. The monoisotopic (exact) mass is 268 g/mol. The van der Waals surface area contributed by atoms with Crippen molar-refractivity contribution in [2.24, 2.45) is 0 Å². The fraction of sp³-hybridized carbons (Fsp3) is 0.118. The zero-order valence-corrected chi connectivity index (χ0v) is 11.2. The molecular weight excluding hydrogens is 256 g/mol. The molecule has 19 heavy (non-hydrogen) atoms. The zero-order valence-electron chi connectivity index (χ0n) is 10.4. The normalized spacial score (nSPS) is 9.53. The molecule has 0 bridgehead atoms. The number of ketones is 1. The van der Waals surface area contributed by atoms with E-state index in [0.717, 1.165) is 6.42 Å². The average molecular weight is 269 g/mol. The molecular formula is C17H13ClO. The summed E-state index contributed by atoms with van der Waals surface area (Å²) in [7, 11) is 0. The van der Waals surface area contributed by atoms with Crippen molar-refractivity contribution in [3.05, 3.63) is 70.7 Å². The number of carbonyl (C=O) groups is 1. The predicted octanol–water partition coefficient (Wildman–Crippen LogP) is 4.16. The molecule has 0 fully saturated rings. The quantitative estimate of drug-likeness (QED) is 0.464. The zero-order chi connectivity index (χ0) is 13.5. The molecule has 0 saturated carbocycles. The highest BCUT2D eigenvalue weighted by molar-refractivity contribution is 6.30. The van der Waals surface area contributed by atoms with Gasteiger partial charge in [-0.2, -0.15) is 0 Å². The first-order valence-corrected chi connectivity index (χ1v) is 6.46. The predicted molar refractivity (Wildman–Crippen MR) is 78.3 cm³/mol. The fourth-order valence-corrected chi connectivity index (χ4v) is 1.79. The first-order chi connectivity index (χ1) is 9.25. The largest absolute Gasteiger partial charge is 0.279 e. The third kappa shape index (κ3) is 4.28. The molecule has 2 rings (SSSR count). The van der Waals surface area contributed by atoms with E-state index >= 15 is 0 Å². The van der Waals surface area contributed by atoms with Gasteiger partial charge in [0.15, 0.2) is 0 Å². The van der Waals surface area contributed by atoms with Crippen LogP contribution in [-0.2, 0) is 6.42 Å². The lowest BCUT2D eigenvalue weighted by Crippen LogP contribution is -1.94. The van der Waals surface area contributed by atoms with Gasteiger partial charge >= 0.3 is 0 Å². The summed E-state index contributed by atoms with van der Waals surface area (Å²) in [4.78, 5) is 11.8. The number of aryl methyl sites for hydroxylation is 1. The van der Waals surface area contributed by atoms with Crippen molar-refractivity contribution in [2.75, 3.05) is 0 Å². The van der Waals surface area contributed by atoms with Crippen molar-refractivity contribution in [3.8, 4) is 11.8 Å². The van der Waals surface area contributed by atoms with E-state index in [1.807, 2.05) is 18.2 Å². The number of rotatable bonds is 3. The van der Waals surface area contributed by atoms with E-state index in [9.17, 15) is 4.79 Å². The number of Topliss-reactive ketones (excluding diaryl/α,β-unsaturated/α-hetero) is 1. The highest BCUT2D eigenvalue weighted by atomic mass is 35.5. The molecule has 0 amide bonds. The van der Waals surface area contributed by atoms with Gasteiger partial charge in [0.05, 0.1) is 0 Å². The molecule has 2 aromatic rings. The molecule has 0 aliphatic heterocycles. The molecule has 0 unspecified atom stereocenters. The summed E-state index contributed by atoms with van der Waals surface area (Å²) in [6, 6.07) is 16.9. The summed E-state index contributed by atoms with van der Waals surface area (Å²) in [5.74, 6) is 5.41. The molecule has 2 heteroatoms. The van der Waals surface area contributed by atoms with Gasteiger partial charge in [0, 0.05) is 17.0 Å². The molecule has 0 radical (unpaired) electrons. The average Bonchev–Trinajstić information content (AvgIpc) is 2.45. The molecule has 94 valence electrons. The van der Waals surface area contributed by atoms with Crippen LogP contribution in [0.2, 0.25) is 5.02 Å². The van der Waals surface area contributed by atoms with E-state index in [1.54, 1.807) is 24.3 Å². The van der Waals surface area contributed by atoms with Gasteiger partial charge in [-0.1, -0.05) is 47.9 Å². The van der Waals surface area contributed by atoms with E-state index in [4.69, 9.17) is 11.6 Å². The molecule has 0 N–H and O–H groups in total. The van der Waals surface area contributed by atoms with E-state index in [0.29, 0.717) is 17.0 Å². The Balaban J connectivity index is 1.90. The van der Waals surface area contributed by atoms with Crippen LogP contribution >= 0.6 is 11.6 Å². The van der Waals surface area contributed by atoms with Crippen LogP contribution in [0.1, 0.15) is 22.3 Å². The lowest BCUT2D eigenvalue weighted by Gasteiger charge is -1.95. The van der Waals surface area contributed by atoms with Crippen molar-refractivity contribution in [3.63, 3.8) is 0 Å². The Morgan fingerprint density at radius 3 is 2.37 bits per heavy atom. The van der Waals surface area contributed by atoms with E-state index in [2.05, 4.69) is 24.0 Å². The van der Waals surface area contributed by atoms with Gasteiger partial charge in [-0.05, 0) is 42.2 Å².